The third-order valence-corrected chi connectivity index (χ3v) is 4.03. The number of benzene rings is 1. The van der Waals surface area contributed by atoms with Crippen molar-refractivity contribution in [3.8, 4) is 0 Å². The monoisotopic (exact) mass is 274 g/mol. The van der Waals surface area contributed by atoms with Gasteiger partial charge in [-0.3, -0.25) is 4.79 Å². The molecule has 0 spiro atoms. The van der Waals surface area contributed by atoms with Crippen LogP contribution in [0.1, 0.15) is 45.1 Å². The van der Waals surface area contributed by atoms with E-state index in [-0.39, 0.29) is 5.91 Å². The van der Waals surface area contributed by atoms with Crippen molar-refractivity contribution in [3.63, 3.8) is 0 Å². The van der Waals surface area contributed by atoms with Crippen LogP contribution in [0, 0.1) is 5.92 Å². The lowest BCUT2D eigenvalue weighted by atomic mass is 9.93. The highest BCUT2D eigenvalue weighted by molar-refractivity contribution is 5.79. The largest absolute Gasteiger partial charge is 0.399 e. The van der Waals surface area contributed by atoms with Crippen LogP contribution in [0.4, 0.5) is 5.69 Å². The van der Waals surface area contributed by atoms with E-state index in [0.29, 0.717) is 18.4 Å². The topological polar surface area (TPSA) is 46.3 Å². The van der Waals surface area contributed by atoms with Gasteiger partial charge in [0.15, 0.2) is 0 Å². The van der Waals surface area contributed by atoms with Crippen LogP contribution in [0.3, 0.4) is 0 Å². The lowest BCUT2D eigenvalue weighted by Crippen LogP contribution is -2.45. The van der Waals surface area contributed by atoms with Gasteiger partial charge < -0.3 is 10.6 Å². The number of likely N-dealkylation sites (tertiary alicyclic amines) is 1. The number of rotatable bonds is 4. The number of hydrogen-bond donors (Lipinski definition) is 1. The molecule has 0 bridgehead atoms. The SMILES string of the molecule is CC(C)CC1CCCCN1C(=O)Cc1ccc(N)cc1. The Morgan fingerprint density at radius 3 is 2.65 bits per heavy atom. The van der Waals surface area contributed by atoms with Crippen LogP contribution in [0.2, 0.25) is 0 Å². The average molecular weight is 274 g/mol. The molecule has 1 heterocycles. The fraction of sp³-hybridized carbons (Fsp3) is 0.588. The first-order valence-electron chi connectivity index (χ1n) is 7.70. The Balaban J connectivity index is 2.00. The second kappa shape index (κ2) is 6.78. The first-order chi connectivity index (χ1) is 9.56. The molecule has 1 aromatic carbocycles. The van der Waals surface area contributed by atoms with E-state index in [4.69, 9.17) is 5.73 Å². The quantitative estimate of drug-likeness (QED) is 0.857. The number of nitrogens with zero attached hydrogens (tertiary/aromatic N) is 1. The van der Waals surface area contributed by atoms with Gasteiger partial charge in [-0.25, -0.2) is 0 Å². The third kappa shape index (κ3) is 3.99. The van der Waals surface area contributed by atoms with Gasteiger partial charge in [-0.15, -0.1) is 0 Å². The van der Waals surface area contributed by atoms with E-state index in [9.17, 15) is 4.79 Å². The number of anilines is 1. The highest BCUT2D eigenvalue weighted by Crippen LogP contribution is 2.23. The molecule has 1 aliphatic heterocycles. The molecule has 1 amide bonds. The molecule has 3 nitrogen and oxygen atoms in total. The summed E-state index contributed by atoms with van der Waals surface area (Å²) in [5.74, 6) is 0.907. The Hall–Kier alpha value is -1.51. The molecule has 110 valence electrons. The number of carbonyl (C=O) groups excluding carboxylic acids is 1. The van der Waals surface area contributed by atoms with Crippen molar-refractivity contribution in [1.29, 1.82) is 0 Å². The number of nitrogens with two attached hydrogens (primary N) is 1. The van der Waals surface area contributed by atoms with Crippen molar-refractivity contribution in [2.45, 2.75) is 52.0 Å². The highest BCUT2D eigenvalue weighted by atomic mass is 16.2. The average Bonchev–Trinajstić information content (AvgIpc) is 2.41. The van der Waals surface area contributed by atoms with E-state index in [2.05, 4.69) is 18.7 Å². The summed E-state index contributed by atoms with van der Waals surface area (Å²) in [4.78, 5) is 14.6. The maximum absolute atomic E-state index is 12.5. The van der Waals surface area contributed by atoms with E-state index in [1.165, 1.54) is 6.42 Å². The van der Waals surface area contributed by atoms with Crippen molar-refractivity contribution in [2.24, 2.45) is 5.92 Å². The van der Waals surface area contributed by atoms with Crippen LogP contribution in [0.25, 0.3) is 0 Å². The van der Waals surface area contributed by atoms with Gasteiger partial charge in [0, 0.05) is 18.3 Å². The molecule has 1 saturated heterocycles. The normalized spacial score (nSPS) is 19.4. The van der Waals surface area contributed by atoms with Crippen LogP contribution in [-0.2, 0) is 11.2 Å². The van der Waals surface area contributed by atoms with Gasteiger partial charge in [0.25, 0.3) is 0 Å². The summed E-state index contributed by atoms with van der Waals surface area (Å²) < 4.78 is 0. The Kier molecular flexibility index (Phi) is 5.05. The zero-order chi connectivity index (χ0) is 14.5. The molecule has 1 aliphatic rings. The molecule has 2 rings (SSSR count). The fourth-order valence-electron chi connectivity index (χ4n) is 3.03. The molecule has 0 saturated carbocycles. The van der Waals surface area contributed by atoms with Gasteiger partial charge in [-0.1, -0.05) is 26.0 Å². The predicted octanol–water partition coefficient (Wildman–Crippen LogP) is 3.24. The first-order valence-corrected chi connectivity index (χ1v) is 7.70. The molecule has 0 aromatic heterocycles. The van der Waals surface area contributed by atoms with Crippen LogP contribution < -0.4 is 5.73 Å². The van der Waals surface area contributed by atoms with E-state index >= 15 is 0 Å². The Morgan fingerprint density at radius 1 is 1.30 bits per heavy atom. The van der Waals surface area contributed by atoms with Gasteiger partial charge >= 0.3 is 0 Å². The number of hydrogen-bond acceptors (Lipinski definition) is 2. The number of piperidine rings is 1. The zero-order valence-corrected chi connectivity index (χ0v) is 12.6. The highest BCUT2D eigenvalue weighted by Gasteiger charge is 2.26. The second-order valence-corrected chi connectivity index (χ2v) is 6.28. The predicted molar refractivity (Wildman–Crippen MR) is 83.4 cm³/mol. The Morgan fingerprint density at radius 2 is 2.00 bits per heavy atom. The van der Waals surface area contributed by atoms with Crippen molar-refractivity contribution in [1.82, 2.24) is 4.90 Å². The van der Waals surface area contributed by atoms with E-state index in [1.54, 1.807) is 0 Å². The summed E-state index contributed by atoms with van der Waals surface area (Å²) in [7, 11) is 0. The second-order valence-electron chi connectivity index (χ2n) is 6.28. The molecule has 1 fully saturated rings. The van der Waals surface area contributed by atoms with Crippen molar-refractivity contribution in [3.05, 3.63) is 29.8 Å². The molecule has 0 aliphatic carbocycles. The third-order valence-electron chi connectivity index (χ3n) is 4.03. The van der Waals surface area contributed by atoms with Crippen LogP contribution in [0.15, 0.2) is 24.3 Å². The van der Waals surface area contributed by atoms with Gasteiger partial charge in [0.2, 0.25) is 5.91 Å². The molecule has 3 heteroatoms. The van der Waals surface area contributed by atoms with Crippen molar-refractivity contribution >= 4 is 11.6 Å². The summed E-state index contributed by atoms with van der Waals surface area (Å²) in [5.41, 5.74) is 7.48. The van der Waals surface area contributed by atoms with Crippen molar-refractivity contribution in [2.75, 3.05) is 12.3 Å². The number of amides is 1. The summed E-state index contributed by atoms with van der Waals surface area (Å²) in [6.07, 6.45) is 5.17. The van der Waals surface area contributed by atoms with E-state index in [1.807, 2.05) is 24.3 Å². The van der Waals surface area contributed by atoms with Gasteiger partial charge in [0.05, 0.1) is 6.42 Å². The summed E-state index contributed by atoms with van der Waals surface area (Å²) >= 11 is 0. The minimum absolute atomic E-state index is 0.264. The van der Waals surface area contributed by atoms with Gasteiger partial charge in [-0.2, -0.15) is 0 Å². The number of nitrogen functional groups attached to an aromatic ring is 1. The fourth-order valence-corrected chi connectivity index (χ4v) is 3.03. The van der Waals surface area contributed by atoms with Gasteiger partial charge in [0.1, 0.15) is 0 Å². The van der Waals surface area contributed by atoms with Gasteiger partial charge in [-0.05, 0) is 49.3 Å². The minimum atomic E-state index is 0.264. The summed E-state index contributed by atoms with van der Waals surface area (Å²) in [6.45, 7) is 5.39. The maximum atomic E-state index is 12.5. The Labute approximate surface area is 122 Å². The standard InChI is InChI=1S/C17H26N2O/c1-13(2)11-16-5-3-4-10-19(16)17(20)12-14-6-8-15(18)9-7-14/h6-9,13,16H,3-5,10-12,18H2,1-2H3. The molecule has 20 heavy (non-hydrogen) atoms. The molecule has 1 atom stereocenters. The molecule has 1 aromatic rings. The van der Waals surface area contributed by atoms with Crippen LogP contribution in [0.5, 0.6) is 0 Å². The number of carbonyl (C=O) groups is 1. The minimum Gasteiger partial charge on any atom is -0.399 e. The lowest BCUT2D eigenvalue weighted by Gasteiger charge is -2.37. The molecule has 0 radical (unpaired) electrons. The summed E-state index contributed by atoms with van der Waals surface area (Å²) in [5, 5.41) is 0. The van der Waals surface area contributed by atoms with E-state index in [0.717, 1.165) is 37.1 Å². The zero-order valence-electron chi connectivity index (χ0n) is 12.6. The van der Waals surface area contributed by atoms with Crippen LogP contribution >= 0.6 is 0 Å². The smallest absolute Gasteiger partial charge is 0.227 e. The van der Waals surface area contributed by atoms with Crippen molar-refractivity contribution < 1.29 is 4.79 Å². The molecular weight excluding hydrogens is 248 g/mol. The summed E-state index contributed by atoms with van der Waals surface area (Å²) in [6, 6.07) is 8.07. The van der Waals surface area contributed by atoms with E-state index < -0.39 is 0 Å². The molecule has 1 unspecified atom stereocenters. The van der Waals surface area contributed by atoms with Crippen LogP contribution in [-0.4, -0.2) is 23.4 Å². The lowest BCUT2D eigenvalue weighted by molar-refractivity contribution is -0.134. The molecule has 2 N–H and O–H groups in total. The molecular formula is C17H26N2O. The first kappa shape index (κ1) is 14.9. The maximum Gasteiger partial charge on any atom is 0.227 e. The Bertz CT molecular complexity index is 439.